The lowest BCUT2D eigenvalue weighted by molar-refractivity contribution is -0.111. The second-order valence-corrected chi connectivity index (χ2v) is 12.7. The summed E-state index contributed by atoms with van der Waals surface area (Å²) in [6.45, 7) is 5.58. The number of benzene rings is 3. The first-order valence-electron chi connectivity index (χ1n) is 14.0. The molecule has 0 spiro atoms. The van der Waals surface area contributed by atoms with Crippen molar-refractivity contribution in [3.63, 3.8) is 0 Å². The number of halogens is 1. The molecule has 3 aromatic carbocycles. The standard InChI is InChI=1S/C35H26ClN5O2S2/c1-21-10-7-11-22(2)31(21)38-33(42)26(19-37)35-41(28-15-8-14-27(36)23(28)3)34(43)30(45-35)18-24-20-40(25-12-5-4-6-13-25)39-32(24)29-16-9-17-44-29/h4-18,20H,1-3H3,(H,38,42)/b30-18-,35-26+. The molecule has 0 atom stereocenters. The molecule has 1 N–H and O–H groups in total. The van der Waals surface area contributed by atoms with Gasteiger partial charge in [0.05, 0.1) is 20.8 Å². The van der Waals surface area contributed by atoms with E-state index in [0.717, 1.165) is 38.6 Å². The van der Waals surface area contributed by atoms with Gasteiger partial charge in [0.2, 0.25) is 0 Å². The zero-order chi connectivity index (χ0) is 31.7. The SMILES string of the molecule is Cc1cccc(C)c1NC(=O)/C(C#N)=c1/s/c(=C\c2cn(-c3ccccc3)nc2-c2cccs2)c(=O)n1-c1cccc(Cl)c1C. The summed E-state index contributed by atoms with van der Waals surface area (Å²) < 4.78 is 3.73. The summed E-state index contributed by atoms with van der Waals surface area (Å²) in [5.41, 5.74) is 5.23. The topological polar surface area (TPSA) is 92.7 Å². The van der Waals surface area contributed by atoms with E-state index in [1.54, 1.807) is 47.2 Å². The minimum absolute atomic E-state index is 0.183. The molecule has 0 radical (unpaired) electrons. The fourth-order valence-corrected chi connectivity index (χ4v) is 7.03. The molecule has 3 heterocycles. The molecule has 0 aliphatic rings. The van der Waals surface area contributed by atoms with Crippen LogP contribution in [0, 0.1) is 32.1 Å². The van der Waals surface area contributed by atoms with Crippen LogP contribution in [0.1, 0.15) is 22.3 Å². The summed E-state index contributed by atoms with van der Waals surface area (Å²) in [5.74, 6) is -0.604. The lowest BCUT2D eigenvalue weighted by atomic mass is 10.1. The van der Waals surface area contributed by atoms with E-state index in [2.05, 4.69) is 11.4 Å². The third kappa shape index (κ3) is 5.79. The monoisotopic (exact) mass is 647 g/mol. The van der Waals surface area contributed by atoms with Gasteiger partial charge in [0, 0.05) is 22.5 Å². The summed E-state index contributed by atoms with van der Waals surface area (Å²) in [7, 11) is 0. The number of thiazole rings is 1. The van der Waals surface area contributed by atoms with Crippen LogP contribution in [0.3, 0.4) is 0 Å². The molecule has 0 aliphatic carbocycles. The first-order chi connectivity index (χ1) is 21.8. The van der Waals surface area contributed by atoms with Crippen LogP contribution in [0.25, 0.3) is 33.6 Å². The van der Waals surface area contributed by atoms with Gasteiger partial charge in [-0.3, -0.25) is 14.2 Å². The molecular weight excluding hydrogens is 622 g/mol. The van der Waals surface area contributed by atoms with E-state index in [1.807, 2.05) is 86.1 Å². The number of thiophene rings is 1. The van der Waals surface area contributed by atoms with Crippen LogP contribution in [0.5, 0.6) is 0 Å². The Bertz CT molecular complexity index is 2270. The Morgan fingerprint density at radius 1 is 0.978 bits per heavy atom. The van der Waals surface area contributed by atoms with Gasteiger partial charge in [-0.2, -0.15) is 10.4 Å². The molecule has 6 rings (SSSR count). The molecule has 222 valence electrons. The van der Waals surface area contributed by atoms with E-state index >= 15 is 0 Å². The number of carbonyl (C=O) groups excluding carboxylic acids is 1. The van der Waals surface area contributed by atoms with Crippen LogP contribution in [0.15, 0.2) is 95.2 Å². The van der Waals surface area contributed by atoms with Gasteiger partial charge in [-0.1, -0.05) is 60.1 Å². The summed E-state index contributed by atoms with van der Waals surface area (Å²) in [6.07, 6.45) is 3.65. The van der Waals surface area contributed by atoms with Crippen molar-refractivity contribution in [2.45, 2.75) is 20.8 Å². The van der Waals surface area contributed by atoms with Crippen molar-refractivity contribution in [2.24, 2.45) is 0 Å². The molecule has 0 saturated heterocycles. The van der Waals surface area contributed by atoms with Gasteiger partial charge in [-0.05, 0) is 79.2 Å². The lowest BCUT2D eigenvalue weighted by Crippen LogP contribution is -2.32. The minimum atomic E-state index is -0.604. The highest BCUT2D eigenvalue weighted by molar-refractivity contribution is 7.13. The van der Waals surface area contributed by atoms with Crippen LogP contribution in [-0.4, -0.2) is 20.3 Å². The summed E-state index contributed by atoms with van der Waals surface area (Å²) >= 11 is 9.11. The van der Waals surface area contributed by atoms with Crippen molar-refractivity contribution in [2.75, 3.05) is 5.32 Å². The third-order valence-corrected chi connectivity index (χ3v) is 9.76. The lowest BCUT2D eigenvalue weighted by Gasteiger charge is -2.12. The molecule has 6 aromatic rings. The zero-order valence-electron chi connectivity index (χ0n) is 24.5. The van der Waals surface area contributed by atoms with Crippen LogP contribution in [0.2, 0.25) is 5.02 Å². The number of hydrogen-bond donors (Lipinski definition) is 1. The molecule has 0 saturated carbocycles. The summed E-state index contributed by atoms with van der Waals surface area (Å²) in [6, 6.07) is 26.6. The first kappa shape index (κ1) is 30.0. The molecule has 0 unspecified atom stereocenters. The second kappa shape index (κ2) is 12.5. The molecular formula is C35H26ClN5O2S2. The first-order valence-corrected chi connectivity index (χ1v) is 16.0. The average Bonchev–Trinajstić information content (AvgIpc) is 3.78. The predicted molar refractivity (Wildman–Crippen MR) is 183 cm³/mol. The molecule has 0 bridgehead atoms. The normalized spacial score (nSPS) is 12.2. The van der Waals surface area contributed by atoms with Crippen LogP contribution in [-0.2, 0) is 4.79 Å². The maximum absolute atomic E-state index is 14.3. The Morgan fingerprint density at radius 3 is 2.40 bits per heavy atom. The Balaban J connectivity index is 1.62. The fraction of sp³-hybridized carbons (Fsp3) is 0.0857. The minimum Gasteiger partial charge on any atom is -0.321 e. The van der Waals surface area contributed by atoms with Gasteiger partial charge in [-0.25, -0.2) is 4.68 Å². The van der Waals surface area contributed by atoms with E-state index < -0.39 is 5.91 Å². The maximum Gasteiger partial charge on any atom is 0.273 e. The zero-order valence-corrected chi connectivity index (χ0v) is 26.9. The molecule has 0 fully saturated rings. The van der Waals surface area contributed by atoms with Crippen molar-refractivity contribution in [3.05, 3.63) is 137 Å². The molecule has 1 amide bonds. The number of para-hydroxylation sites is 2. The number of rotatable bonds is 6. The van der Waals surface area contributed by atoms with Crippen LogP contribution >= 0.6 is 34.3 Å². The van der Waals surface area contributed by atoms with Crippen molar-refractivity contribution in [3.8, 4) is 28.0 Å². The predicted octanol–water partition coefficient (Wildman–Crippen LogP) is 6.53. The van der Waals surface area contributed by atoms with Gasteiger partial charge >= 0.3 is 0 Å². The third-order valence-electron chi connectivity index (χ3n) is 7.38. The number of nitrogens with one attached hydrogen (secondary N) is 1. The highest BCUT2D eigenvalue weighted by Gasteiger charge is 2.20. The highest BCUT2D eigenvalue weighted by atomic mass is 35.5. The Hall–Kier alpha value is -5.01. The molecule has 7 nitrogen and oxygen atoms in total. The number of hydrogen-bond acceptors (Lipinski definition) is 6. The van der Waals surface area contributed by atoms with E-state index in [4.69, 9.17) is 16.7 Å². The van der Waals surface area contributed by atoms with Gasteiger partial charge in [0.15, 0.2) is 5.57 Å². The highest BCUT2D eigenvalue weighted by Crippen LogP contribution is 2.28. The number of amides is 1. The van der Waals surface area contributed by atoms with E-state index in [1.165, 1.54) is 4.57 Å². The van der Waals surface area contributed by atoms with Crippen molar-refractivity contribution < 1.29 is 4.79 Å². The number of nitriles is 1. The number of anilines is 1. The second-order valence-electron chi connectivity index (χ2n) is 10.3. The van der Waals surface area contributed by atoms with Crippen molar-refractivity contribution >= 4 is 57.5 Å². The summed E-state index contributed by atoms with van der Waals surface area (Å²) in [5, 5.41) is 20.5. The average molecular weight is 648 g/mol. The quantitative estimate of drug-likeness (QED) is 0.222. The van der Waals surface area contributed by atoms with Gasteiger partial charge in [0.25, 0.3) is 11.5 Å². The number of carbonyl (C=O) groups is 1. The largest absolute Gasteiger partial charge is 0.321 e. The van der Waals surface area contributed by atoms with E-state index in [9.17, 15) is 14.9 Å². The Kier molecular flexibility index (Phi) is 8.37. The van der Waals surface area contributed by atoms with E-state index in [0.29, 0.717) is 32.2 Å². The van der Waals surface area contributed by atoms with E-state index in [-0.39, 0.29) is 15.8 Å². The van der Waals surface area contributed by atoms with Crippen LogP contribution in [0.4, 0.5) is 5.69 Å². The van der Waals surface area contributed by atoms with Crippen molar-refractivity contribution in [1.29, 1.82) is 5.26 Å². The van der Waals surface area contributed by atoms with Gasteiger partial charge in [-0.15, -0.1) is 22.7 Å². The smallest absolute Gasteiger partial charge is 0.273 e. The van der Waals surface area contributed by atoms with Gasteiger partial charge in [0.1, 0.15) is 16.4 Å². The molecule has 45 heavy (non-hydrogen) atoms. The summed E-state index contributed by atoms with van der Waals surface area (Å²) in [4.78, 5) is 28.9. The van der Waals surface area contributed by atoms with Gasteiger partial charge < -0.3 is 5.32 Å². The maximum atomic E-state index is 14.3. The Morgan fingerprint density at radius 2 is 1.71 bits per heavy atom. The molecule has 3 aromatic heterocycles. The molecule has 10 heteroatoms. The number of aryl methyl sites for hydroxylation is 2. The molecule has 0 aliphatic heterocycles. The van der Waals surface area contributed by atoms with Crippen molar-refractivity contribution in [1.82, 2.24) is 14.3 Å². The number of nitrogens with zero attached hydrogens (tertiary/aromatic N) is 4. The Labute approximate surface area is 272 Å². The number of aromatic nitrogens is 3. The fourth-order valence-electron chi connectivity index (χ4n) is 5.04. The van der Waals surface area contributed by atoms with Crippen LogP contribution < -0.4 is 20.1 Å².